The number of rotatable bonds is 8. The fourth-order valence-electron chi connectivity index (χ4n) is 3.63. The molecular formula is C25H36FN5O3S. The van der Waals surface area contributed by atoms with Gasteiger partial charge < -0.3 is 19.1 Å². The maximum absolute atomic E-state index is 13.6. The molecule has 10 heteroatoms. The Labute approximate surface area is 210 Å². The van der Waals surface area contributed by atoms with Crippen LogP contribution in [0.4, 0.5) is 15.1 Å². The summed E-state index contributed by atoms with van der Waals surface area (Å²) in [6, 6.07) is 6.12. The van der Waals surface area contributed by atoms with Crippen LogP contribution in [0, 0.1) is 5.82 Å². The smallest absolute Gasteiger partial charge is 0.409 e. The van der Waals surface area contributed by atoms with Crippen molar-refractivity contribution >= 4 is 23.4 Å². The first-order valence-corrected chi connectivity index (χ1v) is 13.1. The fourth-order valence-corrected chi connectivity index (χ4v) is 4.55. The molecule has 1 amide bonds. The summed E-state index contributed by atoms with van der Waals surface area (Å²) in [7, 11) is 0. The van der Waals surface area contributed by atoms with Gasteiger partial charge in [0.2, 0.25) is 5.95 Å². The molecule has 1 aliphatic heterocycles. The number of nitrogens with zero attached hydrogens (tertiary/aromatic N) is 4. The third-order valence-electron chi connectivity index (χ3n) is 6.03. The lowest BCUT2D eigenvalue weighted by molar-refractivity contribution is 0.0988. The van der Waals surface area contributed by atoms with Gasteiger partial charge in [0.25, 0.3) is 0 Å². The van der Waals surface area contributed by atoms with Gasteiger partial charge in [-0.1, -0.05) is 25.5 Å². The van der Waals surface area contributed by atoms with Crippen molar-refractivity contribution in [3.8, 4) is 0 Å². The van der Waals surface area contributed by atoms with Crippen LogP contribution in [0.1, 0.15) is 58.6 Å². The van der Waals surface area contributed by atoms with Crippen LogP contribution in [0.15, 0.2) is 36.7 Å². The number of nitrogens with one attached hydrogen (secondary N) is 1. The molecule has 35 heavy (non-hydrogen) atoms. The predicted molar refractivity (Wildman–Crippen MR) is 136 cm³/mol. The number of ether oxygens (including phenoxy) is 1. The van der Waals surface area contributed by atoms with Gasteiger partial charge in [-0.15, -0.1) is 4.72 Å². The third-order valence-corrected chi connectivity index (χ3v) is 7.74. The Balaban J connectivity index is 1.74. The summed E-state index contributed by atoms with van der Waals surface area (Å²) in [6.45, 7) is 12.3. The SMILES string of the molecule is CCCCOC(=O)N1CCN(c2ncc([C@@](C)(N[S+]([O-])C(C)(C)C)c3ccc(F)cc3)cn2)CC1. The van der Waals surface area contributed by atoms with Gasteiger partial charge in [0, 0.05) is 55.5 Å². The molecule has 1 aromatic heterocycles. The molecule has 3 rings (SSSR count). The molecule has 0 radical (unpaired) electrons. The predicted octanol–water partition coefficient (Wildman–Crippen LogP) is 3.99. The largest absolute Gasteiger partial charge is 0.598 e. The minimum atomic E-state index is -1.39. The molecule has 1 unspecified atom stereocenters. The molecule has 0 aliphatic carbocycles. The van der Waals surface area contributed by atoms with Crippen LogP contribution in [0.3, 0.4) is 0 Å². The van der Waals surface area contributed by atoms with Gasteiger partial charge in [0.1, 0.15) is 16.1 Å². The second-order valence-electron chi connectivity index (χ2n) is 9.83. The number of piperazine rings is 1. The molecule has 1 saturated heterocycles. The molecule has 0 bridgehead atoms. The first-order chi connectivity index (χ1) is 16.5. The lowest BCUT2D eigenvalue weighted by Gasteiger charge is -2.36. The highest BCUT2D eigenvalue weighted by Gasteiger charge is 2.39. The van der Waals surface area contributed by atoms with Crippen molar-refractivity contribution in [2.24, 2.45) is 0 Å². The van der Waals surface area contributed by atoms with E-state index in [-0.39, 0.29) is 11.9 Å². The van der Waals surface area contributed by atoms with Gasteiger partial charge in [-0.25, -0.2) is 19.2 Å². The van der Waals surface area contributed by atoms with Crippen molar-refractivity contribution in [3.05, 3.63) is 53.6 Å². The number of carbonyl (C=O) groups excluding carboxylic acids is 1. The van der Waals surface area contributed by atoms with Crippen molar-refractivity contribution in [2.75, 3.05) is 37.7 Å². The van der Waals surface area contributed by atoms with Crippen LogP contribution < -0.4 is 9.62 Å². The van der Waals surface area contributed by atoms with Crippen LogP contribution in [0.25, 0.3) is 0 Å². The Morgan fingerprint density at radius 3 is 2.23 bits per heavy atom. The quantitative estimate of drug-likeness (QED) is 0.428. The average molecular weight is 506 g/mol. The Bertz CT molecular complexity index is 963. The molecular weight excluding hydrogens is 469 g/mol. The van der Waals surface area contributed by atoms with Crippen LogP contribution in [0.5, 0.6) is 0 Å². The third kappa shape index (κ3) is 6.83. The Kier molecular flexibility index (Phi) is 8.95. The van der Waals surface area contributed by atoms with Gasteiger partial charge in [0.05, 0.1) is 6.61 Å². The number of carbonyl (C=O) groups is 1. The van der Waals surface area contributed by atoms with E-state index in [2.05, 4.69) is 21.6 Å². The molecule has 2 atom stereocenters. The van der Waals surface area contributed by atoms with Crippen molar-refractivity contribution < 1.29 is 18.5 Å². The van der Waals surface area contributed by atoms with Crippen molar-refractivity contribution in [1.29, 1.82) is 0 Å². The topological polar surface area (TPSA) is 93.7 Å². The average Bonchev–Trinajstić information content (AvgIpc) is 2.84. The molecule has 0 saturated carbocycles. The summed E-state index contributed by atoms with van der Waals surface area (Å²) in [5.74, 6) is 0.221. The molecule has 1 aromatic carbocycles. The van der Waals surface area contributed by atoms with E-state index in [0.717, 1.165) is 18.4 Å². The molecule has 8 nitrogen and oxygen atoms in total. The molecule has 2 aromatic rings. The standard InChI is InChI=1S/C25H36FN5O3S/c1-6-7-16-34-23(32)31-14-12-30(13-15-31)22-27-17-20(18-28-22)25(5,29-35(33)24(2,3)4)19-8-10-21(26)11-9-19/h8-11,17-18,29H,6-7,12-16H2,1-5H3/t25-,35?/m0/s1. The van der Waals surface area contributed by atoms with Gasteiger partial charge in [-0.2, -0.15) is 0 Å². The zero-order valence-electron chi connectivity index (χ0n) is 21.2. The number of hydrogen-bond donors (Lipinski definition) is 1. The van der Waals surface area contributed by atoms with Crippen molar-refractivity contribution in [1.82, 2.24) is 19.6 Å². The number of anilines is 1. The summed E-state index contributed by atoms with van der Waals surface area (Å²) in [5, 5.41) is 0. The molecule has 192 valence electrons. The number of aromatic nitrogens is 2. The number of hydrogen-bond acceptors (Lipinski definition) is 7. The highest BCUT2D eigenvalue weighted by molar-refractivity contribution is 7.90. The van der Waals surface area contributed by atoms with Crippen molar-refractivity contribution in [2.45, 2.75) is 57.7 Å². The number of unbranched alkanes of at least 4 members (excludes halogenated alkanes) is 1. The monoisotopic (exact) mass is 505 g/mol. The van der Waals surface area contributed by atoms with E-state index >= 15 is 0 Å². The molecule has 1 fully saturated rings. The maximum Gasteiger partial charge on any atom is 0.409 e. The van der Waals surface area contributed by atoms with Gasteiger partial charge in [-0.05, 0) is 51.8 Å². The van der Waals surface area contributed by atoms with Crippen LogP contribution >= 0.6 is 0 Å². The van der Waals surface area contributed by atoms with Gasteiger partial charge >= 0.3 is 6.09 Å². The minimum absolute atomic E-state index is 0.276. The van der Waals surface area contributed by atoms with Gasteiger partial charge in [0.15, 0.2) is 0 Å². The highest BCUT2D eigenvalue weighted by Crippen LogP contribution is 2.32. The van der Waals surface area contributed by atoms with E-state index < -0.39 is 21.6 Å². The van der Waals surface area contributed by atoms with E-state index in [1.807, 2.05) is 32.6 Å². The lowest BCUT2D eigenvalue weighted by atomic mass is 9.87. The molecule has 2 heterocycles. The van der Waals surface area contributed by atoms with E-state index in [1.54, 1.807) is 29.4 Å². The summed E-state index contributed by atoms with van der Waals surface area (Å²) in [4.78, 5) is 25.1. The zero-order chi connectivity index (χ0) is 25.6. The first-order valence-electron chi connectivity index (χ1n) is 12.0. The summed E-state index contributed by atoms with van der Waals surface area (Å²) in [6.07, 6.45) is 4.99. The van der Waals surface area contributed by atoms with Gasteiger partial charge in [-0.3, -0.25) is 0 Å². The number of halogens is 1. The normalized spacial score (nSPS) is 17.1. The minimum Gasteiger partial charge on any atom is -0.598 e. The summed E-state index contributed by atoms with van der Waals surface area (Å²) >= 11 is -1.39. The second-order valence-corrected chi connectivity index (χ2v) is 11.8. The van der Waals surface area contributed by atoms with E-state index in [1.165, 1.54) is 12.1 Å². The Morgan fingerprint density at radius 1 is 1.09 bits per heavy atom. The summed E-state index contributed by atoms with van der Waals surface area (Å²) < 4.78 is 34.6. The maximum atomic E-state index is 13.6. The van der Waals surface area contributed by atoms with Crippen LogP contribution in [-0.4, -0.2) is 63.0 Å². The van der Waals surface area contributed by atoms with E-state index in [0.29, 0.717) is 44.3 Å². The summed E-state index contributed by atoms with van der Waals surface area (Å²) in [5.41, 5.74) is 0.567. The van der Waals surface area contributed by atoms with Crippen molar-refractivity contribution in [3.63, 3.8) is 0 Å². The Morgan fingerprint density at radius 2 is 1.69 bits per heavy atom. The van der Waals surface area contributed by atoms with E-state index in [4.69, 9.17) is 4.74 Å². The second kappa shape index (κ2) is 11.5. The van der Waals surface area contributed by atoms with E-state index in [9.17, 15) is 13.7 Å². The lowest BCUT2D eigenvalue weighted by Crippen LogP contribution is -2.51. The van der Waals surface area contributed by atoms with Crippen LogP contribution in [0.2, 0.25) is 0 Å². The number of amides is 1. The fraction of sp³-hybridized carbons (Fsp3) is 0.560. The number of benzene rings is 1. The molecule has 1 N–H and O–H groups in total. The zero-order valence-corrected chi connectivity index (χ0v) is 22.0. The highest BCUT2D eigenvalue weighted by atomic mass is 32.2. The first kappa shape index (κ1) is 27.2. The van der Waals surface area contributed by atoms with Crippen LogP contribution in [-0.2, 0) is 21.6 Å². The Hall–Kier alpha value is -2.43. The molecule has 1 aliphatic rings. The molecule has 0 spiro atoms.